The van der Waals surface area contributed by atoms with Crippen molar-refractivity contribution in [2.45, 2.75) is 40.5 Å². The normalized spacial score (nSPS) is 13.6. The van der Waals surface area contributed by atoms with Crippen LogP contribution in [-0.2, 0) is 4.74 Å². The van der Waals surface area contributed by atoms with Gasteiger partial charge in [-0.25, -0.2) is 0 Å². The standard InChI is InChI=1S/C10H19NO/c1-5-10(3,4)6-9(2)7-12-8-11/h9H,5-7H2,1-4H3. The third-order valence-electron chi connectivity index (χ3n) is 2.29. The van der Waals surface area contributed by atoms with Crippen molar-refractivity contribution in [2.24, 2.45) is 11.3 Å². The molecule has 2 heteroatoms. The highest BCUT2D eigenvalue weighted by atomic mass is 16.5. The third kappa shape index (κ3) is 5.01. The molecule has 0 aromatic carbocycles. The zero-order chi connectivity index (χ0) is 9.61. The summed E-state index contributed by atoms with van der Waals surface area (Å²) in [5.41, 5.74) is 0.373. The molecule has 2 nitrogen and oxygen atoms in total. The first kappa shape index (κ1) is 11.3. The van der Waals surface area contributed by atoms with Gasteiger partial charge in [0.05, 0.1) is 0 Å². The number of rotatable bonds is 5. The summed E-state index contributed by atoms with van der Waals surface area (Å²) in [6.07, 6.45) is 3.99. The Balaban J connectivity index is 3.69. The molecule has 0 saturated carbocycles. The molecular formula is C10H19NO. The van der Waals surface area contributed by atoms with E-state index in [9.17, 15) is 0 Å². The smallest absolute Gasteiger partial charge is 0.286 e. The van der Waals surface area contributed by atoms with Crippen LogP contribution in [0.4, 0.5) is 0 Å². The summed E-state index contributed by atoms with van der Waals surface area (Å²) in [7, 11) is 0. The van der Waals surface area contributed by atoms with Crippen LogP contribution >= 0.6 is 0 Å². The van der Waals surface area contributed by atoms with Gasteiger partial charge >= 0.3 is 0 Å². The van der Waals surface area contributed by atoms with E-state index in [-0.39, 0.29) is 0 Å². The van der Waals surface area contributed by atoms with E-state index in [0.29, 0.717) is 17.9 Å². The molecule has 0 spiro atoms. The second-order valence-electron chi connectivity index (χ2n) is 4.23. The molecule has 1 unspecified atom stereocenters. The SMILES string of the molecule is CCC(C)(C)CC(C)COC#N. The molecule has 0 aliphatic rings. The van der Waals surface area contributed by atoms with Gasteiger partial charge in [-0.1, -0.05) is 34.1 Å². The van der Waals surface area contributed by atoms with Gasteiger partial charge in [0.15, 0.2) is 0 Å². The molecule has 0 aromatic heterocycles. The van der Waals surface area contributed by atoms with E-state index in [4.69, 9.17) is 10.00 Å². The maximum Gasteiger partial charge on any atom is 0.286 e. The summed E-state index contributed by atoms with van der Waals surface area (Å²) in [5.74, 6) is 0.472. The Labute approximate surface area is 75.5 Å². The van der Waals surface area contributed by atoms with E-state index in [2.05, 4.69) is 27.7 Å². The van der Waals surface area contributed by atoms with E-state index in [1.807, 2.05) is 0 Å². The largest absolute Gasteiger partial charge is 0.427 e. The number of nitrogens with zero attached hydrogens (tertiary/aromatic N) is 1. The van der Waals surface area contributed by atoms with Gasteiger partial charge in [0.1, 0.15) is 6.61 Å². The minimum Gasteiger partial charge on any atom is -0.427 e. The zero-order valence-corrected chi connectivity index (χ0v) is 8.55. The maximum atomic E-state index is 8.20. The molecule has 0 heterocycles. The van der Waals surface area contributed by atoms with E-state index < -0.39 is 0 Å². The molecule has 0 N–H and O–H groups in total. The first-order valence-corrected chi connectivity index (χ1v) is 4.52. The average Bonchev–Trinajstić information content (AvgIpc) is 2.00. The van der Waals surface area contributed by atoms with Crippen molar-refractivity contribution in [1.29, 1.82) is 5.26 Å². The summed E-state index contributed by atoms with van der Waals surface area (Å²) >= 11 is 0. The van der Waals surface area contributed by atoms with Crippen molar-refractivity contribution < 1.29 is 4.74 Å². The number of nitriles is 1. The van der Waals surface area contributed by atoms with Crippen LogP contribution in [0.2, 0.25) is 0 Å². The van der Waals surface area contributed by atoms with Gasteiger partial charge in [-0.2, -0.15) is 5.26 Å². The van der Waals surface area contributed by atoms with Crippen molar-refractivity contribution in [1.82, 2.24) is 0 Å². The molecule has 0 aromatic rings. The monoisotopic (exact) mass is 169 g/mol. The molecule has 1 atom stereocenters. The Hall–Kier alpha value is -0.710. The summed E-state index contributed by atoms with van der Waals surface area (Å²) in [5, 5.41) is 8.20. The molecule has 0 amide bonds. The van der Waals surface area contributed by atoms with Crippen LogP contribution in [0.15, 0.2) is 0 Å². The van der Waals surface area contributed by atoms with Gasteiger partial charge in [0, 0.05) is 0 Å². The van der Waals surface area contributed by atoms with Gasteiger partial charge in [-0.15, -0.1) is 0 Å². The summed E-state index contributed by atoms with van der Waals surface area (Å²) < 4.78 is 4.69. The zero-order valence-electron chi connectivity index (χ0n) is 8.55. The van der Waals surface area contributed by atoms with Crippen molar-refractivity contribution in [3.63, 3.8) is 0 Å². The molecule has 0 aliphatic carbocycles. The molecule has 0 fully saturated rings. The number of hydrogen-bond acceptors (Lipinski definition) is 2. The van der Waals surface area contributed by atoms with E-state index >= 15 is 0 Å². The van der Waals surface area contributed by atoms with Gasteiger partial charge in [0.25, 0.3) is 6.26 Å². The number of hydrogen-bond donors (Lipinski definition) is 0. The Morgan fingerprint density at radius 3 is 2.50 bits per heavy atom. The maximum absolute atomic E-state index is 8.20. The van der Waals surface area contributed by atoms with Gasteiger partial charge in [-0.3, -0.25) is 0 Å². The predicted molar refractivity (Wildman–Crippen MR) is 49.4 cm³/mol. The van der Waals surface area contributed by atoms with Crippen LogP contribution in [0.3, 0.4) is 0 Å². The number of ether oxygens (including phenoxy) is 1. The molecule has 0 bridgehead atoms. The lowest BCUT2D eigenvalue weighted by molar-refractivity contribution is 0.170. The van der Waals surface area contributed by atoms with E-state index in [1.165, 1.54) is 6.42 Å². The molecule has 0 rings (SSSR count). The quantitative estimate of drug-likeness (QED) is 0.593. The second-order valence-corrected chi connectivity index (χ2v) is 4.23. The lowest BCUT2D eigenvalue weighted by atomic mass is 9.81. The van der Waals surface area contributed by atoms with E-state index in [1.54, 1.807) is 6.26 Å². The Morgan fingerprint density at radius 2 is 2.08 bits per heavy atom. The highest BCUT2D eigenvalue weighted by Crippen LogP contribution is 2.28. The fraction of sp³-hybridized carbons (Fsp3) is 0.900. The average molecular weight is 169 g/mol. The van der Waals surface area contributed by atoms with Gasteiger partial charge in [-0.05, 0) is 17.8 Å². The van der Waals surface area contributed by atoms with E-state index in [0.717, 1.165) is 6.42 Å². The predicted octanol–water partition coefficient (Wildman–Crippen LogP) is 2.95. The molecule has 0 saturated heterocycles. The van der Waals surface area contributed by atoms with Crippen LogP contribution in [0.25, 0.3) is 0 Å². The molecule has 0 radical (unpaired) electrons. The Morgan fingerprint density at radius 1 is 1.50 bits per heavy atom. The molecule has 70 valence electrons. The summed E-state index contributed by atoms with van der Waals surface area (Å²) in [6, 6.07) is 0. The minimum atomic E-state index is 0.373. The van der Waals surface area contributed by atoms with Gasteiger partial charge < -0.3 is 4.74 Å². The minimum absolute atomic E-state index is 0.373. The Bertz CT molecular complexity index is 158. The van der Waals surface area contributed by atoms with Crippen LogP contribution in [0.5, 0.6) is 0 Å². The van der Waals surface area contributed by atoms with Crippen LogP contribution < -0.4 is 0 Å². The fourth-order valence-corrected chi connectivity index (χ4v) is 1.33. The Kier molecular flexibility index (Phi) is 4.73. The van der Waals surface area contributed by atoms with Crippen molar-refractivity contribution in [2.75, 3.05) is 6.61 Å². The molecular weight excluding hydrogens is 150 g/mol. The molecule has 12 heavy (non-hydrogen) atoms. The van der Waals surface area contributed by atoms with Gasteiger partial charge in [0.2, 0.25) is 0 Å². The van der Waals surface area contributed by atoms with Crippen molar-refractivity contribution in [3.8, 4) is 6.26 Å². The molecule has 0 aliphatic heterocycles. The third-order valence-corrected chi connectivity index (χ3v) is 2.29. The van der Waals surface area contributed by atoms with Crippen LogP contribution in [0.1, 0.15) is 40.5 Å². The van der Waals surface area contributed by atoms with Crippen LogP contribution in [0, 0.1) is 22.9 Å². The van der Waals surface area contributed by atoms with Crippen molar-refractivity contribution >= 4 is 0 Å². The van der Waals surface area contributed by atoms with Crippen LogP contribution in [-0.4, -0.2) is 6.61 Å². The first-order valence-electron chi connectivity index (χ1n) is 4.52. The highest BCUT2D eigenvalue weighted by molar-refractivity contribution is 4.70. The lowest BCUT2D eigenvalue weighted by Crippen LogP contribution is -2.17. The summed E-state index contributed by atoms with van der Waals surface area (Å²) in [4.78, 5) is 0. The second kappa shape index (κ2) is 5.03. The lowest BCUT2D eigenvalue weighted by Gasteiger charge is -2.25. The highest BCUT2D eigenvalue weighted by Gasteiger charge is 2.18. The van der Waals surface area contributed by atoms with Crippen molar-refractivity contribution in [3.05, 3.63) is 0 Å². The topological polar surface area (TPSA) is 33.0 Å². The fourth-order valence-electron chi connectivity index (χ4n) is 1.33. The first-order chi connectivity index (χ1) is 5.52. The summed E-state index contributed by atoms with van der Waals surface area (Å²) in [6.45, 7) is 9.36.